The van der Waals surface area contributed by atoms with Gasteiger partial charge in [-0.2, -0.15) is 0 Å². The molecule has 1 aromatic carbocycles. The number of hydrogen-bond acceptors (Lipinski definition) is 4. The summed E-state index contributed by atoms with van der Waals surface area (Å²) in [5.74, 6) is 0.654. The molecule has 1 aliphatic carbocycles. The summed E-state index contributed by atoms with van der Waals surface area (Å²) in [6.07, 6.45) is 6.92. The fourth-order valence-corrected chi connectivity index (χ4v) is 4.39. The number of amides is 1. The minimum Gasteiger partial charge on any atom is -0.353 e. The zero-order valence-corrected chi connectivity index (χ0v) is 14.3. The number of aromatic nitrogens is 1. The zero-order valence-electron chi connectivity index (χ0n) is 13.5. The summed E-state index contributed by atoms with van der Waals surface area (Å²) in [5, 5.41) is 4.34. The Bertz CT molecular complexity index is 622. The van der Waals surface area contributed by atoms with Crippen molar-refractivity contribution in [1.82, 2.24) is 10.3 Å². The molecule has 1 aromatic heterocycles. The maximum atomic E-state index is 12.0. The molecule has 3 rings (SSSR count). The van der Waals surface area contributed by atoms with Gasteiger partial charge in [0.25, 0.3) is 0 Å². The highest BCUT2D eigenvalue weighted by Crippen LogP contribution is 2.25. The van der Waals surface area contributed by atoms with Gasteiger partial charge in [0.1, 0.15) is 0 Å². The van der Waals surface area contributed by atoms with Gasteiger partial charge in [0, 0.05) is 12.5 Å². The molecule has 0 aliphatic heterocycles. The van der Waals surface area contributed by atoms with Gasteiger partial charge < -0.3 is 11.1 Å². The molecular formula is C18H25N3OS. The topological polar surface area (TPSA) is 68.0 Å². The third kappa shape index (κ3) is 4.30. The molecule has 1 saturated carbocycles. The minimum absolute atomic E-state index is 0.180. The van der Waals surface area contributed by atoms with Crippen molar-refractivity contribution in [2.75, 3.05) is 6.54 Å². The molecule has 1 amide bonds. The van der Waals surface area contributed by atoms with Crippen molar-refractivity contribution in [3.8, 4) is 0 Å². The van der Waals surface area contributed by atoms with Crippen LogP contribution in [-0.2, 0) is 11.2 Å². The molecule has 23 heavy (non-hydrogen) atoms. The average molecular weight is 331 g/mol. The Balaban J connectivity index is 1.38. The van der Waals surface area contributed by atoms with E-state index in [-0.39, 0.29) is 5.91 Å². The monoisotopic (exact) mass is 331 g/mol. The number of aryl methyl sites for hydroxylation is 1. The Morgan fingerprint density at radius 1 is 1.30 bits per heavy atom. The van der Waals surface area contributed by atoms with E-state index in [2.05, 4.69) is 22.4 Å². The maximum Gasteiger partial charge on any atom is 0.220 e. The smallest absolute Gasteiger partial charge is 0.220 e. The van der Waals surface area contributed by atoms with E-state index < -0.39 is 0 Å². The molecule has 2 unspecified atom stereocenters. The van der Waals surface area contributed by atoms with Gasteiger partial charge in [-0.05, 0) is 56.7 Å². The van der Waals surface area contributed by atoms with Gasteiger partial charge in [-0.1, -0.05) is 18.6 Å². The van der Waals surface area contributed by atoms with Crippen LogP contribution in [-0.4, -0.2) is 23.5 Å². The SMILES string of the molecule is NCC1CCCC1NC(=O)CCCCc1nc2ccccc2s1. The van der Waals surface area contributed by atoms with Gasteiger partial charge in [-0.25, -0.2) is 4.98 Å². The summed E-state index contributed by atoms with van der Waals surface area (Å²) in [4.78, 5) is 16.7. The Labute approximate surface area is 141 Å². The summed E-state index contributed by atoms with van der Waals surface area (Å²) < 4.78 is 1.24. The van der Waals surface area contributed by atoms with Crippen molar-refractivity contribution in [1.29, 1.82) is 0 Å². The minimum atomic E-state index is 0.180. The fraction of sp³-hybridized carbons (Fsp3) is 0.556. The maximum absolute atomic E-state index is 12.0. The number of rotatable bonds is 7. The number of carbonyl (C=O) groups excluding carboxylic acids is 1. The lowest BCUT2D eigenvalue weighted by Gasteiger charge is -2.19. The first-order valence-electron chi connectivity index (χ1n) is 8.60. The predicted molar refractivity (Wildman–Crippen MR) is 95.5 cm³/mol. The molecule has 0 radical (unpaired) electrons. The molecule has 1 aliphatic rings. The summed E-state index contributed by atoms with van der Waals surface area (Å²) in [6.45, 7) is 0.683. The van der Waals surface area contributed by atoms with E-state index in [1.165, 1.54) is 16.1 Å². The Morgan fingerprint density at radius 3 is 3.00 bits per heavy atom. The second kappa shape index (κ2) is 7.88. The van der Waals surface area contributed by atoms with Crippen molar-refractivity contribution in [3.63, 3.8) is 0 Å². The number of para-hydroxylation sites is 1. The largest absolute Gasteiger partial charge is 0.353 e. The van der Waals surface area contributed by atoms with Crippen LogP contribution >= 0.6 is 11.3 Å². The van der Waals surface area contributed by atoms with Crippen molar-refractivity contribution < 1.29 is 4.79 Å². The number of nitrogens with zero attached hydrogens (tertiary/aromatic N) is 1. The molecule has 1 heterocycles. The van der Waals surface area contributed by atoms with Crippen molar-refractivity contribution in [3.05, 3.63) is 29.3 Å². The van der Waals surface area contributed by atoms with E-state index in [4.69, 9.17) is 5.73 Å². The van der Waals surface area contributed by atoms with Crippen LogP contribution in [0.3, 0.4) is 0 Å². The summed E-state index contributed by atoms with van der Waals surface area (Å²) >= 11 is 1.76. The van der Waals surface area contributed by atoms with Crippen molar-refractivity contribution in [2.45, 2.75) is 51.0 Å². The number of benzene rings is 1. The number of fused-ring (bicyclic) bond motifs is 1. The molecule has 0 bridgehead atoms. The van der Waals surface area contributed by atoms with E-state index in [1.807, 2.05) is 12.1 Å². The third-order valence-corrected chi connectivity index (χ3v) is 5.79. The highest BCUT2D eigenvalue weighted by atomic mass is 32.1. The Morgan fingerprint density at radius 2 is 2.17 bits per heavy atom. The first-order chi connectivity index (χ1) is 11.3. The van der Waals surface area contributed by atoms with Crippen LogP contribution in [0.5, 0.6) is 0 Å². The van der Waals surface area contributed by atoms with Gasteiger partial charge in [0.05, 0.1) is 15.2 Å². The Kier molecular flexibility index (Phi) is 5.62. The molecule has 0 saturated heterocycles. The van der Waals surface area contributed by atoms with Crippen LogP contribution in [0.25, 0.3) is 10.2 Å². The number of unbranched alkanes of at least 4 members (excludes halogenated alkanes) is 1. The van der Waals surface area contributed by atoms with Crippen LogP contribution in [0.4, 0.5) is 0 Å². The molecule has 2 aromatic rings. The van der Waals surface area contributed by atoms with Crippen LogP contribution in [0.2, 0.25) is 0 Å². The third-order valence-electron chi connectivity index (χ3n) is 4.69. The van der Waals surface area contributed by atoms with E-state index in [0.717, 1.165) is 37.6 Å². The lowest BCUT2D eigenvalue weighted by Crippen LogP contribution is -2.39. The molecule has 5 heteroatoms. The summed E-state index contributed by atoms with van der Waals surface area (Å²) in [6, 6.07) is 8.54. The quantitative estimate of drug-likeness (QED) is 0.765. The second-order valence-electron chi connectivity index (χ2n) is 6.38. The number of nitrogens with two attached hydrogens (primary N) is 1. The number of thiazole rings is 1. The second-order valence-corrected chi connectivity index (χ2v) is 7.50. The zero-order chi connectivity index (χ0) is 16.1. The fourth-order valence-electron chi connectivity index (χ4n) is 3.38. The highest BCUT2D eigenvalue weighted by molar-refractivity contribution is 7.18. The van der Waals surface area contributed by atoms with Gasteiger partial charge in [0.15, 0.2) is 0 Å². The average Bonchev–Trinajstić information content (AvgIpc) is 3.17. The lowest BCUT2D eigenvalue weighted by atomic mass is 10.0. The first kappa shape index (κ1) is 16.4. The van der Waals surface area contributed by atoms with E-state index in [9.17, 15) is 4.79 Å². The van der Waals surface area contributed by atoms with Gasteiger partial charge in [-0.3, -0.25) is 4.79 Å². The molecule has 4 nitrogen and oxygen atoms in total. The van der Waals surface area contributed by atoms with E-state index in [1.54, 1.807) is 11.3 Å². The van der Waals surface area contributed by atoms with Gasteiger partial charge in [-0.15, -0.1) is 11.3 Å². The standard InChI is InChI=1S/C18H25N3OS/c19-12-13-6-5-8-14(13)20-17(22)10-3-4-11-18-21-15-7-1-2-9-16(15)23-18/h1-2,7,9,13-14H,3-6,8,10-12,19H2,(H,20,22). The normalized spacial score (nSPS) is 20.9. The lowest BCUT2D eigenvalue weighted by molar-refractivity contribution is -0.122. The van der Waals surface area contributed by atoms with E-state index >= 15 is 0 Å². The number of carbonyl (C=O) groups is 1. The molecular weight excluding hydrogens is 306 g/mol. The molecule has 124 valence electrons. The molecule has 1 fully saturated rings. The molecule has 2 atom stereocenters. The van der Waals surface area contributed by atoms with Crippen LogP contribution in [0.15, 0.2) is 24.3 Å². The predicted octanol–water partition coefficient (Wildman–Crippen LogP) is 3.25. The molecule has 0 spiro atoms. The van der Waals surface area contributed by atoms with Crippen LogP contribution in [0.1, 0.15) is 43.5 Å². The van der Waals surface area contributed by atoms with Crippen molar-refractivity contribution >= 4 is 27.5 Å². The number of nitrogens with one attached hydrogen (secondary N) is 1. The van der Waals surface area contributed by atoms with Gasteiger partial charge >= 0.3 is 0 Å². The van der Waals surface area contributed by atoms with Crippen LogP contribution in [0, 0.1) is 5.92 Å². The number of hydrogen-bond donors (Lipinski definition) is 2. The van der Waals surface area contributed by atoms with Crippen LogP contribution < -0.4 is 11.1 Å². The highest BCUT2D eigenvalue weighted by Gasteiger charge is 2.26. The summed E-state index contributed by atoms with van der Waals surface area (Å²) in [5.41, 5.74) is 6.84. The summed E-state index contributed by atoms with van der Waals surface area (Å²) in [7, 11) is 0. The van der Waals surface area contributed by atoms with E-state index in [0.29, 0.717) is 24.9 Å². The Hall–Kier alpha value is -1.46. The van der Waals surface area contributed by atoms with Crippen molar-refractivity contribution in [2.24, 2.45) is 11.7 Å². The molecule has 3 N–H and O–H groups in total. The first-order valence-corrected chi connectivity index (χ1v) is 9.42. The van der Waals surface area contributed by atoms with Gasteiger partial charge in [0.2, 0.25) is 5.91 Å².